The molecular weight excluding hydrogens is 444 g/mol. The van der Waals surface area contributed by atoms with Crippen LogP contribution in [0.2, 0.25) is 0 Å². The first-order valence-electron chi connectivity index (χ1n) is 9.52. The number of hydrogen-bond donors (Lipinski definition) is 4. The Morgan fingerprint density at radius 1 is 1.12 bits per heavy atom. The van der Waals surface area contributed by atoms with Crippen molar-refractivity contribution in [3.8, 4) is 0 Å². The molecule has 0 bridgehead atoms. The predicted octanol–water partition coefficient (Wildman–Crippen LogP) is -1.04. The Morgan fingerprint density at radius 2 is 1.88 bits per heavy atom. The van der Waals surface area contributed by atoms with E-state index in [4.69, 9.17) is 20.3 Å². The van der Waals surface area contributed by atoms with Crippen LogP contribution in [0.1, 0.15) is 17.5 Å². The van der Waals surface area contributed by atoms with Crippen molar-refractivity contribution in [2.45, 2.75) is 37.8 Å². The average Bonchev–Trinajstić information content (AvgIpc) is 3.25. The third kappa shape index (κ3) is 4.71. The number of anilines is 1. The molecule has 1 aliphatic heterocycles. The molecule has 0 spiro atoms. The molecule has 0 radical (unpaired) electrons. The number of ether oxygens (including phenoxy) is 2. The molecule has 14 heteroatoms. The van der Waals surface area contributed by atoms with Crippen LogP contribution in [0.3, 0.4) is 0 Å². The predicted molar refractivity (Wildman–Crippen MR) is 110 cm³/mol. The minimum atomic E-state index is -4.25. The SMILES string of the molecule is Nc1ncnc2c1c(COCc1ccccc1)nn2[C@@H]1O[C@H](COS(N)(=O)=O)[C@@H](O)[C@H]1O. The van der Waals surface area contributed by atoms with Gasteiger partial charge >= 0.3 is 10.3 Å². The molecule has 4 rings (SSSR count). The minimum absolute atomic E-state index is 0.0687. The molecule has 6 N–H and O–H groups in total. The van der Waals surface area contributed by atoms with Crippen molar-refractivity contribution in [2.24, 2.45) is 5.14 Å². The number of nitrogens with two attached hydrogens (primary N) is 2. The van der Waals surface area contributed by atoms with Crippen LogP contribution < -0.4 is 10.9 Å². The molecule has 1 aromatic carbocycles. The monoisotopic (exact) mass is 466 g/mol. The summed E-state index contributed by atoms with van der Waals surface area (Å²) in [7, 11) is -4.25. The molecule has 1 fully saturated rings. The smallest absolute Gasteiger partial charge is 0.333 e. The summed E-state index contributed by atoms with van der Waals surface area (Å²) >= 11 is 0. The number of hydrogen-bond acceptors (Lipinski definition) is 11. The lowest BCUT2D eigenvalue weighted by Gasteiger charge is -2.15. The van der Waals surface area contributed by atoms with Crippen molar-refractivity contribution in [3.63, 3.8) is 0 Å². The quantitative estimate of drug-likeness (QED) is 0.316. The zero-order valence-electron chi connectivity index (χ0n) is 16.7. The summed E-state index contributed by atoms with van der Waals surface area (Å²) in [4.78, 5) is 8.16. The summed E-state index contributed by atoms with van der Waals surface area (Å²) < 4.78 is 39.2. The molecule has 0 aliphatic carbocycles. The third-order valence-corrected chi connectivity index (χ3v) is 5.38. The standard InChI is InChI=1S/C18H22N6O7S/c19-16-13-11(7-29-6-10-4-2-1-3-5-10)23-24(17(13)22-9-21-16)18-15(26)14(25)12(31-18)8-30-32(20,27)28/h1-5,9,12,14-15,18,25-26H,6-8H2,(H2,19,21,22)(H2,20,27,28)/t12-,14-,15-,18-/m1/s1. The van der Waals surface area contributed by atoms with Crippen LogP contribution in [-0.2, 0) is 37.2 Å². The van der Waals surface area contributed by atoms with Crippen LogP contribution in [-0.4, -0.2) is 63.3 Å². The van der Waals surface area contributed by atoms with E-state index in [0.29, 0.717) is 17.7 Å². The van der Waals surface area contributed by atoms with E-state index in [1.165, 1.54) is 11.0 Å². The summed E-state index contributed by atoms with van der Waals surface area (Å²) in [6.07, 6.45) is -4.06. The van der Waals surface area contributed by atoms with Gasteiger partial charge in [-0.15, -0.1) is 0 Å². The van der Waals surface area contributed by atoms with E-state index < -0.39 is 41.5 Å². The van der Waals surface area contributed by atoms with Gasteiger partial charge in [-0.05, 0) is 5.56 Å². The fourth-order valence-corrected chi connectivity index (χ4v) is 3.74. The lowest BCUT2D eigenvalue weighted by Crippen LogP contribution is -2.35. The van der Waals surface area contributed by atoms with Crippen molar-refractivity contribution >= 4 is 27.2 Å². The van der Waals surface area contributed by atoms with Crippen LogP contribution in [0, 0.1) is 0 Å². The van der Waals surface area contributed by atoms with Gasteiger partial charge in [0.15, 0.2) is 11.9 Å². The first-order chi connectivity index (χ1) is 15.2. The fourth-order valence-electron chi connectivity index (χ4n) is 3.42. The Balaban J connectivity index is 1.58. The molecule has 1 saturated heterocycles. The molecule has 1 aliphatic rings. The number of fused-ring (bicyclic) bond motifs is 1. The summed E-state index contributed by atoms with van der Waals surface area (Å²) in [6, 6.07) is 9.53. The number of aliphatic hydroxyl groups excluding tert-OH is 2. The van der Waals surface area contributed by atoms with Crippen LogP contribution in [0.25, 0.3) is 11.0 Å². The van der Waals surface area contributed by atoms with E-state index in [0.717, 1.165) is 5.56 Å². The number of nitrogen functional groups attached to an aromatic ring is 1. The molecule has 3 heterocycles. The summed E-state index contributed by atoms with van der Waals surface area (Å²) in [5.74, 6) is 0.154. The number of aromatic nitrogens is 4. The zero-order valence-corrected chi connectivity index (χ0v) is 17.5. The maximum atomic E-state index is 11.0. The van der Waals surface area contributed by atoms with Crippen molar-refractivity contribution in [2.75, 3.05) is 12.3 Å². The fraction of sp³-hybridized carbons (Fsp3) is 0.389. The second-order valence-electron chi connectivity index (χ2n) is 7.15. The van der Waals surface area contributed by atoms with Crippen LogP contribution >= 0.6 is 0 Å². The average molecular weight is 466 g/mol. The number of rotatable bonds is 8. The largest absolute Gasteiger partial charge is 0.387 e. The molecule has 0 unspecified atom stereocenters. The van der Waals surface area contributed by atoms with E-state index in [1.807, 2.05) is 30.3 Å². The maximum Gasteiger partial charge on any atom is 0.333 e. The Labute approximate surface area is 182 Å². The Bertz CT molecular complexity index is 1190. The molecule has 0 amide bonds. The number of nitrogens with zero attached hydrogens (tertiary/aromatic N) is 4. The van der Waals surface area contributed by atoms with Gasteiger partial charge in [0.25, 0.3) is 0 Å². The zero-order chi connectivity index (χ0) is 22.9. The van der Waals surface area contributed by atoms with Gasteiger partial charge in [0.1, 0.15) is 36.2 Å². The molecule has 13 nitrogen and oxygen atoms in total. The van der Waals surface area contributed by atoms with Gasteiger partial charge in [-0.25, -0.2) is 19.8 Å². The molecule has 0 saturated carbocycles. The lowest BCUT2D eigenvalue weighted by atomic mass is 10.1. The Kier molecular flexibility index (Phi) is 6.34. The van der Waals surface area contributed by atoms with Crippen LogP contribution in [0.15, 0.2) is 36.7 Å². The van der Waals surface area contributed by atoms with Crippen molar-refractivity contribution < 1.29 is 32.3 Å². The van der Waals surface area contributed by atoms with Gasteiger partial charge in [-0.1, -0.05) is 30.3 Å². The van der Waals surface area contributed by atoms with Gasteiger partial charge in [-0.3, -0.25) is 4.18 Å². The Hall–Kier alpha value is -2.72. The second kappa shape index (κ2) is 9.03. The van der Waals surface area contributed by atoms with Gasteiger partial charge in [-0.2, -0.15) is 13.5 Å². The molecular formula is C18H22N6O7S. The minimum Gasteiger partial charge on any atom is -0.387 e. The summed E-state index contributed by atoms with van der Waals surface area (Å²) in [5.41, 5.74) is 7.65. The maximum absolute atomic E-state index is 11.0. The van der Waals surface area contributed by atoms with E-state index in [1.54, 1.807) is 0 Å². The first kappa shape index (κ1) is 22.5. The number of benzene rings is 1. The summed E-state index contributed by atoms with van der Waals surface area (Å²) in [5, 5.41) is 30.4. The Morgan fingerprint density at radius 3 is 2.59 bits per heavy atom. The van der Waals surface area contributed by atoms with Crippen molar-refractivity contribution in [3.05, 3.63) is 47.9 Å². The first-order valence-corrected chi connectivity index (χ1v) is 11.0. The third-order valence-electron chi connectivity index (χ3n) is 4.92. The molecule has 172 valence electrons. The second-order valence-corrected chi connectivity index (χ2v) is 8.37. The summed E-state index contributed by atoms with van der Waals surface area (Å²) in [6.45, 7) is -0.187. The van der Waals surface area contributed by atoms with Gasteiger partial charge in [0, 0.05) is 0 Å². The topological polar surface area (TPSA) is 198 Å². The van der Waals surface area contributed by atoms with E-state index >= 15 is 0 Å². The van der Waals surface area contributed by atoms with Crippen molar-refractivity contribution in [1.29, 1.82) is 0 Å². The highest BCUT2D eigenvalue weighted by molar-refractivity contribution is 7.84. The molecule has 4 atom stereocenters. The highest BCUT2D eigenvalue weighted by Crippen LogP contribution is 2.33. The molecule has 2 aromatic heterocycles. The molecule has 32 heavy (non-hydrogen) atoms. The lowest BCUT2D eigenvalue weighted by molar-refractivity contribution is -0.0531. The van der Waals surface area contributed by atoms with Crippen molar-refractivity contribution in [1.82, 2.24) is 19.7 Å². The normalized spacial score (nSPS) is 23.7. The van der Waals surface area contributed by atoms with E-state index in [9.17, 15) is 18.6 Å². The van der Waals surface area contributed by atoms with E-state index in [2.05, 4.69) is 19.2 Å². The van der Waals surface area contributed by atoms with Crippen LogP contribution in [0.4, 0.5) is 5.82 Å². The highest BCUT2D eigenvalue weighted by Gasteiger charge is 2.45. The molecule has 3 aromatic rings. The number of aliphatic hydroxyl groups is 2. The van der Waals surface area contributed by atoms with Crippen LogP contribution in [0.5, 0.6) is 0 Å². The van der Waals surface area contributed by atoms with E-state index in [-0.39, 0.29) is 18.1 Å². The van der Waals surface area contributed by atoms with Gasteiger partial charge in [0.05, 0.1) is 25.2 Å². The van der Waals surface area contributed by atoms with Gasteiger partial charge < -0.3 is 25.4 Å². The highest BCUT2D eigenvalue weighted by atomic mass is 32.2. The van der Waals surface area contributed by atoms with Gasteiger partial charge in [0.2, 0.25) is 0 Å².